The number of aryl methyl sites for hydroxylation is 1. The number of hydrogen-bond acceptors (Lipinski definition) is 3. The van der Waals surface area contributed by atoms with Crippen molar-refractivity contribution in [3.63, 3.8) is 0 Å². The van der Waals surface area contributed by atoms with Crippen molar-refractivity contribution in [2.24, 2.45) is 0 Å². The average molecular weight is 418 g/mol. The number of hydrogen-bond donors (Lipinski definition) is 1. The zero-order chi connectivity index (χ0) is 21.7. The standard InChI is InChI=1S/C28H35NO2/c1-2-31-28(30)22-23-17-19-26(20-18-23)29-21-10-6-4-3-5-7-12-24-14-11-15-25-13-8-9-16-27(24)25/h8-9,11,13-20,29H,2-7,10,12,21-22H2,1H3. The third kappa shape index (κ3) is 7.75. The predicted octanol–water partition coefficient (Wildman–Crippen LogP) is 6.94. The Labute approximate surface area is 186 Å². The van der Waals surface area contributed by atoms with Gasteiger partial charge in [0, 0.05) is 12.2 Å². The number of nitrogens with one attached hydrogen (secondary N) is 1. The normalized spacial score (nSPS) is 10.9. The van der Waals surface area contributed by atoms with Crippen LogP contribution in [0.1, 0.15) is 56.6 Å². The second-order valence-corrected chi connectivity index (χ2v) is 8.12. The first-order valence-corrected chi connectivity index (χ1v) is 11.7. The zero-order valence-corrected chi connectivity index (χ0v) is 18.7. The van der Waals surface area contributed by atoms with Crippen LogP contribution in [-0.4, -0.2) is 19.1 Å². The molecular weight excluding hydrogens is 382 g/mol. The number of ether oxygens (including phenoxy) is 1. The molecule has 3 aromatic rings. The average Bonchev–Trinajstić information content (AvgIpc) is 2.79. The second-order valence-electron chi connectivity index (χ2n) is 8.12. The molecule has 3 rings (SSSR count). The Hall–Kier alpha value is -2.81. The predicted molar refractivity (Wildman–Crippen MR) is 131 cm³/mol. The quantitative estimate of drug-likeness (QED) is 0.242. The largest absolute Gasteiger partial charge is 0.466 e. The summed E-state index contributed by atoms with van der Waals surface area (Å²) in [6, 6.07) is 23.4. The smallest absolute Gasteiger partial charge is 0.310 e. The summed E-state index contributed by atoms with van der Waals surface area (Å²) in [5, 5.41) is 6.23. The van der Waals surface area contributed by atoms with E-state index >= 15 is 0 Å². The Morgan fingerprint density at radius 2 is 1.52 bits per heavy atom. The highest BCUT2D eigenvalue weighted by Gasteiger charge is 2.04. The van der Waals surface area contributed by atoms with Crippen LogP contribution < -0.4 is 5.32 Å². The first-order valence-electron chi connectivity index (χ1n) is 11.7. The van der Waals surface area contributed by atoms with E-state index in [-0.39, 0.29) is 5.97 Å². The van der Waals surface area contributed by atoms with Gasteiger partial charge in [0.25, 0.3) is 0 Å². The van der Waals surface area contributed by atoms with E-state index in [4.69, 9.17) is 4.74 Å². The van der Waals surface area contributed by atoms with Crippen molar-refractivity contribution < 1.29 is 9.53 Å². The molecule has 0 aliphatic heterocycles. The van der Waals surface area contributed by atoms with Crippen LogP contribution in [0.2, 0.25) is 0 Å². The van der Waals surface area contributed by atoms with E-state index in [1.807, 2.05) is 31.2 Å². The van der Waals surface area contributed by atoms with Crippen LogP contribution in [0.25, 0.3) is 10.8 Å². The van der Waals surface area contributed by atoms with Crippen molar-refractivity contribution in [2.75, 3.05) is 18.5 Å². The Balaban J connectivity index is 1.24. The maximum absolute atomic E-state index is 11.5. The molecule has 0 aliphatic carbocycles. The molecule has 0 amide bonds. The number of carbonyl (C=O) groups excluding carboxylic acids is 1. The molecule has 0 unspecified atom stereocenters. The second kappa shape index (κ2) is 12.8. The Bertz CT molecular complexity index is 928. The van der Waals surface area contributed by atoms with E-state index in [9.17, 15) is 4.79 Å². The Morgan fingerprint density at radius 3 is 2.32 bits per heavy atom. The monoisotopic (exact) mass is 417 g/mol. The van der Waals surface area contributed by atoms with E-state index in [1.165, 1.54) is 61.3 Å². The van der Waals surface area contributed by atoms with Crippen molar-refractivity contribution in [1.82, 2.24) is 0 Å². The summed E-state index contributed by atoms with van der Waals surface area (Å²) in [5.74, 6) is -0.166. The molecule has 0 radical (unpaired) electrons. The minimum absolute atomic E-state index is 0.166. The molecule has 3 heteroatoms. The number of rotatable bonds is 13. The van der Waals surface area contributed by atoms with Crippen molar-refractivity contribution in [2.45, 2.75) is 58.3 Å². The minimum atomic E-state index is -0.166. The summed E-state index contributed by atoms with van der Waals surface area (Å²) in [5.41, 5.74) is 3.59. The molecule has 0 bridgehead atoms. The molecule has 164 valence electrons. The number of carbonyl (C=O) groups is 1. The molecule has 0 spiro atoms. The number of esters is 1. The lowest BCUT2D eigenvalue weighted by Gasteiger charge is -2.08. The molecule has 0 saturated carbocycles. The highest BCUT2D eigenvalue weighted by Crippen LogP contribution is 2.20. The molecule has 1 N–H and O–H groups in total. The fourth-order valence-electron chi connectivity index (χ4n) is 4.01. The SMILES string of the molecule is CCOC(=O)Cc1ccc(NCCCCCCCCc2cccc3ccccc23)cc1. The lowest BCUT2D eigenvalue weighted by Crippen LogP contribution is -2.07. The first-order chi connectivity index (χ1) is 15.3. The fourth-order valence-corrected chi connectivity index (χ4v) is 4.01. The van der Waals surface area contributed by atoms with E-state index in [0.717, 1.165) is 17.8 Å². The Morgan fingerprint density at radius 1 is 0.806 bits per heavy atom. The molecule has 0 fully saturated rings. The van der Waals surface area contributed by atoms with Gasteiger partial charge in [0.2, 0.25) is 0 Å². The zero-order valence-electron chi connectivity index (χ0n) is 18.7. The molecule has 0 aromatic heterocycles. The Kier molecular flexibility index (Phi) is 9.43. The third-order valence-electron chi connectivity index (χ3n) is 5.69. The van der Waals surface area contributed by atoms with Gasteiger partial charge in [-0.3, -0.25) is 4.79 Å². The lowest BCUT2D eigenvalue weighted by atomic mass is 9.99. The number of anilines is 1. The highest BCUT2D eigenvalue weighted by atomic mass is 16.5. The number of fused-ring (bicyclic) bond motifs is 1. The van der Waals surface area contributed by atoms with Crippen LogP contribution in [0.5, 0.6) is 0 Å². The van der Waals surface area contributed by atoms with Crippen LogP contribution in [0.15, 0.2) is 66.7 Å². The van der Waals surface area contributed by atoms with E-state index in [2.05, 4.69) is 47.8 Å². The van der Waals surface area contributed by atoms with Crippen LogP contribution >= 0.6 is 0 Å². The number of benzene rings is 3. The van der Waals surface area contributed by atoms with Crippen LogP contribution in [-0.2, 0) is 22.4 Å². The highest BCUT2D eigenvalue weighted by molar-refractivity contribution is 5.85. The fraction of sp³-hybridized carbons (Fsp3) is 0.393. The van der Waals surface area contributed by atoms with Crippen LogP contribution in [0, 0.1) is 0 Å². The molecule has 31 heavy (non-hydrogen) atoms. The topological polar surface area (TPSA) is 38.3 Å². The molecule has 3 nitrogen and oxygen atoms in total. The van der Waals surface area contributed by atoms with Gasteiger partial charge in [-0.1, -0.05) is 80.3 Å². The van der Waals surface area contributed by atoms with Crippen molar-refractivity contribution >= 4 is 22.4 Å². The number of unbranched alkanes of at least 4 members (excludes halogenated alkanes) is 5. The van der Waals surface area contributed by atoms with Gasteiger partial charge in [0.1, 0.15) is 0 Å². The van der Waals surface area contributed by atoms with Gasteiger partial charge in [-0.05, 0) is 60.2 Å². The molecule has 0 heterocycles. The van der Waals surface area contributed by atoms with Crippen LogP contribution in [0.4, 0.5) is 5.69 Å². The summed E-state index contributed by atoms with van der Waals surface area (Å²) in [6.07, 6.45) is 9.16. The van der Waals surface area contributed by atoms with E-state index < -0.39 is 0 Å². The maximum Gasteiger partial charge on any atom is 0.310 e. The van der Waals surface area contributed by atoms with Gasteiger partial charge >= 0.3 is 5.97 Å². The first kappa shape index (κ1) is 22.9. The summed E-state index contributed by atoms with van der Waals surface area (Å²) in [4.78, 5) is 11.5. The maximum atomic E-state index is 11.5. The van der Waals surface area contributed by atoms with Crippen LogP contribution in [0.3, 0.4) is 0 Å². The molecule has 0 saturated heterocycles. The molecule has 3 aromatic carbocycles. The molecular formula is C28H35NO2. The van der Waals surface area contributed by atoms with E-state index in [1.54, 1.807) is 0 Å². The minimum Gasteiger partial charge on any atom is -0.466 e. The summed E-state index contributed by atoms with van der Waals surface area (Å²) in [7, 11) is 0. The third-order valence-corrected chi connectivity index (χ3v) is 5.69. The summed E-state index contributed by atoms with van der Waals surface area (Å²) in [6.45, 7) is 3.26. The van der Waals surface area contributed by atoms with Gasteiger partial charge in [0.15, 0.2) is 0 Å². The van der Waals surface area contributed by atoms with E-state index in [0.29, 0.717) is 13.0 Å². The van der Waals surface area contributed by atoms with Gasteiger partial charge in [0.05, 0.1) is 13.0 Å². The lowest BCUT2D eigenvalue weighted by molar-refractivity contribution is -0.142. The van der Waals surface area contributed by atoms with Gasteiger partial charge in [-0.25, -0.2) is 0 Å². The van der Waals surface area contributed by atoms with Crippen molar-refractivity contribution in [3.8, 4) is 0 Å². The molecule has 0 aliphatic rings. The van der Waals surface area contributed by atoms with Gasteiger partial charge in [-0.2, -0.15) is 0 Å². The van der Waals surface area contributed by atoms with Crippen molar-refractivity contribution in [1.29, 1.82) is 0 Å². The summed E-state index contributed by atoms with van der Waals surface area (Å²) < 4.78 is 4.99. The van der Waals surface area contributed by atoms with Gasteiger partial charge in [-0.15, -0.1) is 0 Å². The summed E-state index contributed by atoms with van der Waals surface area (Å²) >= 11 is 0. The van der Waals surface area contributed by atoms with Gasteiger partial charge < -0.3 is 10.1 Å². The molecule has 0 atom stereocenters. The van der Waals surface area contributed by atoms with Crippen molar-refractivity contribution in [3.05, 3.63) is 77.9 Å².